The van der Waals surface area contributed by atoms with Crippen LogP contribution in [-0.2, 0) is 4.79 Å². The quantitative estimate of drug-likeness (QED) is 0.469. The number of amides is 1. The predicted octanol–water partition coefficient (Wildman–Crippen LogP) is -0.658. The highest BCUT2D eigenvalue weighted by atomic mass is 16.2. The number of carbonyl (C=O) groups excluding carboxylic acids is 1. The molecular formula is C7H12N2O. The third-order valence-corrected chi connectivity index (χ3v) is 2.48. The first kappa shape index (κ1) is 6.16. The number of rotatable bonds is 0. The maximum Gasteiger partial charge on any atom is 0.223 e. The minimum absolute atomic E-state index is 0.270. The lowest BCUT2D eigenvalue weighted by molar-refractivity contribution is -0.123. The molecule has 3 nitrogen and oxygen atoms in total. The summed E-state index contributed by atoms with van der Waals surface area (Å²) in [5.41, 5.74) is 0. The topological polar surface area (TPSA) is 41.1 Å². The van der Waals surface area contributed by atoms with Gasteiger partial charge >= 0.3 is 0 Å². The van der Waals surface area contributed by atoms with Gasteiger partial charge in [-0.15, -0.1) is 0 Å². The SMILES string of the molecule is O=C1NC[C@H]2CNCC[C@@H]12. The van der Waals surface area contributed by atoms with Crippen LogP contribution >= 0.6 is 0 Å². The first-order valence-electron chi connectivity index (χ1n) is 3.86. The average Bonchev–Trinajstić information content (AvgIpc) is 2.34. The summed E-state index contributed by atoms with van der Waals surface area (Å²) in [5, 5.41) is 6.17. The monoisotopic (exact) mass is 140 g/mol. The summed E-state index contributed by atoms with van der Waals surface area (Å²) in [7, 11) is 0. The van der Waals surface area contributed by atoms with Gasteiger partial charge in [-0.05, 0) is 13.0 Å². The Morgan fingerprint density at radius 1 is 1.40 bits per heavy atom. The third kappa shape index (κ3) is 0.814. The molecule has 0 saturated carbocycles. The minimum Gasteiger partial charge on any atom is -0.355 e. The number of nitrogens with one attached hydrogen (secondary N) is 2. The van der Waals surface area contributed by atoms with Crippen molar-refractivity contribution in [3.05, 3.63) is 0 Å². The zero-order chi connectivity index (χ0) is 6.97. The molecule has 2 fully saturated rings. The van der Waals surface area contributed by atoms with Crippen molar-refractivity contribution in [3.63, 3.8) is 0 Å². The fourth-order valence-electron chi connectivity index (χ4n) is 1.85. The van der Waals surface area contributed by atoms with Crippen LogP contribution in [0.5, 0.6) is 0 Å². The van der Waals surface area contributed by atoms with Gasteiger partial charge in [-0.3, -0.25) is 4.79 Å². The van der Waals surface area contributed by atoms with E-state index in [0.29, 0.717) is 11.8 Å². The van der Waals surface area contributed by atoms with Crippen LogP contribution in [0.4, 0.5) is 0 Å². The van der Waals surface area contributed by atoms with Gasteiger partial charge in [0.05, 0.1) is 0 Å². The molecule has 3 heteroatoms. The molecular weight excluding hydrogens is 128 g/mol. The average molecular weight is 140 g/mol. The molecule has 0 aromatic rings. The van der Waals surface area contributed by atoms with E-state index < -0.39 is 0 Å². The number of hydrogen-bond acceptors (Lipinski definition) is 2. The zero-order valence-electron chi connectivity index (χ0n) is 5.89. The molecule has 0 aliphatic carbocycles. The molecule has 2 aliphatic rings. The summed E-state index contributed by atoms with van der Waals surface area (Å²) in [6.45, 7) is 2.91. The second-order valence-electron chi connectivity index (χ2n) is 3.10. The molecule has 2 atom stereocenters. The lowest BCUT2D eigenvalue weighted by atomic mass is 9.89. The fraction of sp³-hybridized carbons (Fsp3) is 0.857. The molecule has 2 N–H and O–H groups in total. The summed E-state index contributed by atoms with van der Waals surface area (Å²) < 4.78 is 0. The van der Waals surface area contributed by atoms with E-state index in [1.54, 1.807) is 0 Å². The van der Waals surface area contributed by atoms with Gasteiger partial charge < -0.3 is 10.6 Å². The van der Waals surface area contributed by atoms with Crippen molar-refractivity contribution < 1.29 is 4.79 Å². The molecule has 0 radical (unpaired) electrons. The first-order chi connectivity index (χ1) is 4.88. The Kier molecular flexibility index (Phi) is 1.38. The van der Waals surface area contributed by atoms with E-state index >= 15 is 0 Å². The highest BCUT2D eigenvalue weighted by molar-refractivity contribution is 5.81. The van der Waals surface area contributed by atoms with E-state index in [4.69, 9.17) is 0 Å². The maximum absolute atomic E-state index is 11.1. The Labute approximate surface area is 60.2 Å². The maximum atomic E-state index is 11.1. The Balaban J connectivity index is 2.08. The van der Waals surface area contributed by atoms with Crippen molar-refractivity contribution in [2.75, 3.05) is 19.6 Å². The Morgan fingerprint density at radius 2 is 2.30 bits per heavy atom. The molecule has 10 heavy (non-hydrogen) atoms. The van der Waals surface area contributed by atoms with E-state index in [0.717, 1.165) is 26.1 Å². The van der Waals surface area contributed by atoms with Crippen molar-refractivity contribution in [2.45, 2.75) is 6.42 Å². The van der Waals surface area contributed by atoms with Gasteiger partial charge in [0, 0.05) is 24.9 Å². The fourth-order valence-corrected chi connectivity index (χ4v) is 1.85. The van der Waals surface area contributed by atoms with Crippen LogP contribution in [0.15, 0.2) is 0 Å². The van der Waals surface area contributed by atoms with Gasteiger partial charge in [-0.2, -0.15) is 0 Å². The molecule has 0 bridgehead atoms. The number of piperidine rings is 1. The van der Waals surface area contributed by atoms with E-state index in [-0.39, 0.29) is 5.91 Å². The second kappa shape index (κ2) is 2.23. The highest BCUT2D eigenvalue weighted by Gasteiger charge is 2.35. The summed E-state index contributed by atoms with van der Waals surface area (Å²) in [4.78, 5) is 11.1. The standard InChI is InChI=1S/C7H12N2O/c10-7-6-1-2-8-3-5(6)4-9-7/h5-6,8H,1-4H2,(H,9,10)/t5-,6-/m1/s1. The van der Waals surface area contributed by atoms with Gasteiger partial charge in [-0.25, -0.2) is 0 Å². The lowest BCUT2D eigenvalue weighted by Gasteiger charge is -2.22. The number of carbonyl (C=O) groups is 1. The van der Waals surface area contributed by atoms with Gasteiger partial charge in [-0.1, -0.05) is 0 Å². The minimum atomic E-state index is 0.270. The smallest absolute Gasteiger partial charge is 0.223 e. The van der Waals surface area contributed by atoms with Crippen LogP contribution in [0.3, 0.4) is 0 Å². The van der Waals surface area contributed by atoms with Crippen molar-refractivity contribution >= 4 is 5.91 Å². The van der Waals surface area contributed by atoms with E-state index in [1.165, 1.54) is 0 Å². The van der Waals surface area contributed by atoms with Crippen LogP contribution in [0.2, 0.25) is 0 Å². The van der Waals surface area contributed by atoms with Crippen LogP contribution in [0.1, 0.15) is 6.42 Å². The molecule has 0 spiro atoms. The van der Waals surface area contributed by atoms with Crippen molar-refractivity contribution in [2.24, 2.45) is 11.8 Å². The van der Waals surface area contributed by atoms with Gasteiger partial charge in [0.2, 0.25) is 5.91 Å². The number of hydrogen-bond donors (Lipinski definition) is 2. The van der Waals surface area contributed by atoms with E-state index in [2.05, 4.69) is 10.6 Å². The molecule has 1 amide bonds. The molecule has 56 valence electrons. The summed E-state index contributed by atoms with van der Waals surface area (Å²) in [6, 6.07) is 0. The first-order valence-corrected chi connectivity index (χ1v) is 3.86. The molecule has 2 heterocycles. The molecule has 0 aromatic heterocycles. The predicted molar refractivity (Wildman–Crippen MR) is 37.5 cm³/mol. The Bertz CT molecular complexity index is 158. The van der Waals surface area contributed by atoms with Crippen molar-refractivity contribution in [1.82, 2.24) is 10.6 Å². The largest absolute Gasteiger partial charge is 0.355 e. The van der Waals surface area contributed by atoms with Crippen LogP contribution < -0.4 is 10.6 Å². The van der Waals surface area contributed by atoms with Crippen molar-refractivity contribution in [1.29, 1.82) is 0 Å². The molecule has 2 aliphatic heterocycles. The van der Waals surface area contributed by atoms with Crippen LogP contribution in [0, 0.1) is 11.8 Å². The molecule has 2 saturated heterocycles. The Hall–Kier alpha value is -0.570. The summed E-state index contributed by atoms with van der Waals surface area (Å²) in [5.74, 6) is 1.16. The van der Waals surface area contributed by atoms with Gasteiger partial charge in [0.25, 0.3) is 0 Å². The third-order valence-electron chi connectivity index (χ3n) is 2.48. The highest BCUT2D eigenvalue weighted by Crippen LogP contribution is 2.22. The van der Waals surface area contributed by atoms with E-state index in [9.17, 15) is 4.79 Å². The number of fused-ring (bicyclic) bond motifs is 1. The lowest BCUT2D eigenvalue weighted by Crippen LogP contribution is -2.36. The van der Waals surface area contributed by atoms with Crippen LogP contribution in [-0.4, -0.2) is 25.5 Å². The van der Waals surface area contributed by atoms with Crippen LogP contribution in [0.25, 0.3) is 0 Å². The van der Waals surface area contributed by atoms with Gasteiger partial charge in [0.15, 0.2) is 0 Å². The van der Waals surface area contributed by atoms with Gasteiger partial charge in [0.1, 0.15) is 0 Å². The molecule has 2 rings (SSSR count). The van der Waals surface area contributed by atoms with E-state index in [1.807, 2.05) is 0 Å². The van der Waals surface area contributed by atoms with Crippen molar-refractivity contribution in [3.8, 4) is 0 Å². The summed E-state index contributed by atoms with van der Waals surface area (Å²) >= 11 is 0. The second-order valence-corrected chi connectivity index (χ2v) is 3.10. The normalized spacial score (nSPS) is 39.0. The summed E-state index contributed by atoms with van der Waals surface area (Å²) in [6.07, 6.45) is 1.02. The zero-order valence-corrected chi connectivity index (χ0v) is 5.89. The molecule has 0 aromatic carbocycles. The Morgan fingerprint density at radius 3 is 3.10 bits per heavy atom. The molecule has 0 unspecified atom stereocenters.